The number of nitrogens with zero attached hydrogens (tertiary/aromatic N) is 2. The molecule has 0 saturated carbocycles. The van der Waals surface area contributed by atoms with E-state index in [2.05, 4.69) is 10.3 Å². The lowest BCUT2D eigenvalue weighted by Crippen LogP contribution is -2.31. The Morgan fingerprint density at radius 2 is 2.09 bits per heavy atom. The van der Waals surface area contributed by atoms with Crippen LogP contribution in [0.2, 0.25) is 5.02 Å². The van der Waals surface area contributed by atoms with Gasteiger partial charge in [0.15, 0.2) is 0 Å². The molecule has 0 atom stereocenters. The highest BCUT2D eigenvalue weighted by Crippen LogP contribution is 2.18. The van der Waals surface area contributed by atoms with Crippen LogP contribution in [0.3, 0.4) is 0 Å². The summed E-state index contributed by atoms with van der Waals surface area (Å²) >= 11 is 7.22. The van der Waals surface area contributed by atoms with Crippen LogP contribution in [0.1, 0.15) is 15.5 Å². The van der Waals surface area contributed by atoms with Crippen molar-refractivity contribution in [1.29, 1.82) is 0 Å². The molecule has 5 nitrogen and oxygen atoms in total. The van der Waals surface area contributed by atoms with Crippen LogP contribution in [0, 0.1) is 0 Å². The molecule has 0 aliphatic carbocycles. The number of rotatable bonds is 7. The Morgan fingerprint density at radius 1 is 1.36 bits per heavy atom. The van der Waals surface area contributed by atoms with Gasteiger partial charge in [-0.15, -0.1) is 11.3 Å². The van der Waals surface area contributed by atoms with E-state index in [1.54, 1.807) is 29.6 Å². The first-order chi connectivity index (χ1) is 10.5. The quantitative estimate of drug-likeness (QED) is 0.842. The fourth-order valence-corrected chi connectivity index (χ4v) is 2.45. The van der Waals surface area contributed by atoms with Crippen molar-refractivity contribution >= 4 is 28.8 Å². The number of hydrogen-bond donors (Lipinski definition) is 1. The summed E-state index contributed by atoms with van der Waals surface area (Å²) in [6.45, 7) is 1.72. The maximum Gasteiger partial charge on any atom is 0.270 e. The van der Waals surface area contributed by atoms with E-state index in [1.807, 2.05) is 19.0 Å². The molecule has 0 radical (unpaired) electrons. The normalized spacial score (nSPS) is 10.7. The Labute approximate surface area is 138 Å². The van der Waals surface area contributed by atoms with Crippen molar-refractivity contribution < 1.29 is 9.53 Å². The molecule has 0 spiro atoms. The second kappa shape index (κ2) is 8.12. The molecule has 0 aliphatic heterocycles. The monoisotopic (exact) mass is 339 g/mol. The van der Waals surface area contributed by atoms with Gasteiger partial charge >= 0.3 is 0 Å². The summed E-state index contributed by atoms with van der Waals surface area (Å²) in [7, 11) is 3.92. The van der Waals surface area contributed by atoms with Gasteiger partial charge in [0.05, 0.1) is 0 Å². The zero-order chi connectivity index (χ0) is 15.9. The molecule has 2 rings (SSSR count). The molecule has 1 amide bonds. The molecule has 0 saturated heterocycles. The molecule has 1 aromatic heterocycles. The number of likely N-dealkylation sites (N-methyl/N-ethyl adjacent to an activating group) is 1. The zero-order valence-electron chi connectivity index (χ0n) is 12.5. The van der Waals surface area contributed by atoms with Gasteiger partial charge in [-0.25, -0.2) is 4.98 Å². The molecule has 0 aliphatic rings. The van der Waals surface area contributed by atoms with Crippen LogP contribution in [0.25, 0.3) is 0 Å². The van der Waals surface area contributed by atoms with Gasteiger partial charge in [-0.05, 0) is 38.4 Å². The van der Waals surface area contributed by atoms with Crippen LogP contribution >= 0.6 is 22.9 Å². The highest BCUT2D eigenvalue weighted by molar-refractivity contribution is 7.09. The molecule has 0 unspecified atom stereocenters. The van der Waals surface area contributed by atoms with E-state index in [-0.39, 0.29) is 5.91 Å². The van der Waals surface area contributed by atoms with Gasteiger partial charge in [-0.1, -0.05) is 11.6 Å². The summed E-state index contributed by atoms with van der Waals surface area (Å²) < 4.78 is 5.60. The number of amides is 1. The minimum absolute atomic E-state index is 0.157. The first-order valence-electron chi connectivity index (χ1n) is 6.80. The predicted octanol–water partition coefficient (Wildman–Crippen LogP) is 2.67. The minimum Gasteiger partial charge on any atom is -0.486 e. The summed E-state index contributed by atoms with van der Waals surface area (Å²) in [6.07, 6.45) is 0. The predicted molar refractivity (Wildman–Crippen MR) is 88.8 cm³/mol. The fourth-order valence-electron chi connectivity index (χ4n) is 1.64. The summed E-state index contributed by atoms with van der Waals surface area (Å²) in [5, 5.41) is 6.00. The first-order valence-corrected chi connectivity index (χ1v) is 8.06. The standard InChI is InChI=1S/C15H18ClN3O2S/c1-19(2)8-7-17-15(20)13-10-22-14(18-13)9-21-12-5-3-11(16)4-6-12/h3-6,10H,7-9H2,1-2H3,(H,17,20). The Balaban J connectivity index is 1.83. The van der Waals surface area contributed by atoms with E-state index < -0.39 is 0 Å². The fraction of sp³-hybridized carbons (Fsp3) is 0.333. The van der Waals surface area contributed by atoms with Gasteiger partial charge in [0.1, 0.15) is 23.1 Å². The SMILES string of the molecule is CN(C)CCNC(=O)c1csc(COc2ccc(Cl)cc2)n1. The van der Waals surface area contributed by atoms with Gasteiger partial charge in [0.25, 0.3) is 5.91 Å². The maximum atomic E-state index is 11.9. The van der Waals surface area contributed by atoms with E-state index >= 15 is 0 Å². The summed E-state index contributed by atoms with van der Waals surface area (Å²) in [6, 6.07) is 7.13. The Kier molecular flexibility index (Phi) is 6.18. The molecule has 1 heterocycles. The van der Waals surface area contributed by atoms with E-state index in [4.69, 9.17) is 16.3 Å². The van der Waals surface area contributed by atoms with Crippen LogP contribution in [0.4, 0.5) is 0 Å². The lowest BCUT2D eigenvalue weighted by Gasteiger charge is -2.09. The number of ether oxygens (including phenoxy) is 1. The van der Waals surface area contributed by atoms with Crippen molar-refractivity contribution in [3.8, 4) is 5.75 Å². The van der Waals surface area contributed by atoms with Gasteiger partial charge in [-0.3, -0.25) is 4.79 Å². The van der Waals surface area contributed by atoms with E-state index in [0.29, 0.717) is 23.9 Å². The highest BCUT2D eigenvalue weighted by atomic mass is 35.5. The van der Waals surface area contributed by atoms with Crippen molar-refractivity contribution in [3.63, 3.8) is 0 Å². The van der Waals surface area contributed by atoms with Gasteiger partial charge in [0, 0.05) is 23.5 Å². The molecule has 1 N–H and O–H groups in total. The summed E-state index contributed by atoms with van der Waals surface area (Å²) in [4.78, 5) is 18.2. The molecule has 1 aromatic carbocycles. The van der Waals surface area contributed by atoms with Gasteiger partial charge in [-0.2, -0.15) is 0 Å². The van der Waals surface area contributed by atoms with Gasteiger partial charge in [0.2, 0.25) is 0 Å². The number of carbonyl (C=O) groups is 1. The largest absolute Gasteiger partial charge is 0.486 e. The molecular weight excluding hydrogens is 322 g/mol. The van der Waals surface area contributed by atoms with Crippen molar-refractivity contribution in [1.82, 2.24) is 15.2 Å². The van der Waals surface area contributed by atoms with Crippen LogP contribution in [0.5, 0.6) is 5.75 Å². The number of thiazole rings is 1. The second-order valence-corrected chi connectivity index (χ2v) is 6.31. The summed E-state index contributed by atoms with van der Waals surface area (Å²) in [5.41, 5.74) is 0.429. The Bertz CT molecular complexity index is 614. The van der Waals surface area contributed by atoms with Crippen LogP contribution in [-0.4, -0.2) is 43.0 Å². The van der Waals surface area contributed by atoms with Crippen molar-refractivity contribution in [2.24, 2.45) is 0 Å². The van der Waals surface area contributed by atoms with E-state index in [1.165, 1.54) is 11.3 Å². The van der Waals surface area contributed by atoms with Crippen LogP contribution in [-0.2, 0) is 6.61 Å². The maximum absolute atomic E-state index is 11.9. The Hall–Kier alpha value is -1.63. The third-order valence-corrected chi connectivity index (χ3v) is 3.88. The number of hydrogen-bond acceptors (Lipinski definition) is 5. The number of nitrogens with one attached hydrogen (secondary N) is 1. The number of halogens is 1. The van der Waals surface area contributed by atoms with E-state index in [9.17, 15) is 4.79 Å². The van der Waals surface area contributed by atoms with Crippen molar-refractivity contribution in [2.75, 3.05) is 27.2 Å². The first kappa shape index (κ1) is 16.7. The number of aromatic nitrogens is 1. The molecule has 0 bridgehead atoms. The lowest BCUT2D eigenvalue weighted by molar-refractivity contribution is 0.0946. The minimum atomic E-state index is -0.157. The molecule has 118 valence electrons. The molecule has 0 fully saturated rings. The average Bonchev–Trinajstić information content (AvgIpc) is 2.95. The number of benzene rings is 1. The Morgan fingerprint density at radius 3 is 2.77 bits per heavy atom. The second-order valence-electron chi connectivity index (χ2n) is 4.93. The highest BCUT2D eigenvalue weighted by Gasteiger charge is 2.10. The third kappa shape index (κ3) is 5.29. The van der Waals surface area contributed by atoms with Crippen molar-refractivity contribution in [3.05, 3.63) is 45.4 Å². The smallest absolute Gasteiger partial charge is 0.270 e. The van der Waals surface area contributed by atoms with E-state index in [0.717, 1.165) is 17.3 Å². The molecular formula is C15H18ClN3O2S. The average molecular weight is 340 g/mol. The zero-order valence-corrected chi connectivity index (χ0v) is 14.1. The topological polar surface area (TPSA) is 54.5 Å². The lowest BCUT2D eigenvalue weighted by atomic mass is 10.3. The van der Waals surface area contributed by atoms with Crippen LogP contribution in [0.15, 0.2) is 29.6 Å². The van der Waals surface area contributed by atoms with Crippen LogP contribution < -0.4 is 10.1 Å². The number of carbonyl (C=O) groups excluding carboxylic acids is 1. The van der Waals surface area contributed by atoms with Crippen molar-refractivity contribution in [2.45, 2.75) is 6.61 Å². The molecule has 7 heteroatoms. The van der Waals surface area contributed by atoms with Gasteiger partial charge < -0.3 is 15.0 Å². The molecule has 22 heavy (non-hydrogen) atoms. The summed E-state index contributed by atoms with van der Waals surface area (Å²) in [5.74, 6) is 0.562. The molecule has 2 aromatic rings. The third-order valence-electron chi connectivity index (χ3n) is 2.80.